The van der Waals surface area contributed by atoms with Gasteiger partial charge in [0.25, 0.3) is 0 Å². The molecule has 142 valence electrons. The number of benzene rings is 1. The van der Waals surface area contributed by atoms with Crippen molar-refractivity contribution in [3.8, 4) is 5.75 Å². The number of aliphatic imine (C=N–C) groups is 1. The highest BCUT2D eigenvalue weighted by Gasteiger charge is 2.46. The van der Waals surface area contributed by atoms with Gasteiger partial charge in [-0.15, -0.1) is 0 Å². The van der Waals surface area contributed by atoms with Crippen LogP contribution in [0.25, 0.3) is 0 Å². The van der Waals surface area contributed by atoms with Gasteiger partial charge in [0.2, 0.25) is 11.2 Å². The average molecular weight is 408 g/mol. The molecule has 2 aromatic rings. The van der Waals surface area contributed by atoms with Crippen LogP contribution < -0.4 is 9.61 Å². The Morgan fingerprint density at radius 2 is 2.11 bits per heavy atom. The standard InChI is InChI=1S/C19H18ClNO5S/c1-27(23,24)26-18-15(22)7-9-25-16(18)11-19-8-3-2-4-17(19)21-14-6-5-12(20)10-13(14)19/h5-7,9-10H,2-4,8,11H2,1H3/t19-/m1/s1. The van der Waals surface area contributed by atoms with Gasteiger partial charge < -0.3 is 8.60 Å². The molecule has 0 unspecified atom stereocenters. The molecule has 4 rings (SSSR count). The number of rotatable bonds is 4. The van der Waals surface area contributed by atoms with E-state index in [1.165, 1.54) is 6.26 Å². The third kappa shape index (κ3) is 3.30. The smallest absolute Gasteiger partial charge is 0.306 e. The van der Waals surface area contributed by atoms with Crippen molar-refractivity contribution in [1.82, 2.24) is 0 Å². The Morgan fingerprint density at radius 1 is 1.30 bits per heavy atom. The molecule has 27 heavy (non-hydrogen) atoms. The molecule has 1 aromatic heterocycles. The van der Waals surface area contributed by atoms with Gasteiger partial charge in [0.15, 0.2) is 5.76 Å². The largest absolute Gasteiger partial charge is 0.465 e. The number of halogens is 1. The van der Waals surface area contributed by atoms with Gasteiger partial charge in [-0.25, -0.2) is 0 Å². The highest BCUT2D eigenvalue weighted by molar-refractivity contribution is 7.86. The Labute approximate surface area is 162 Å². The van der Waals surface area contributed by atoms with Crippen LogP contribution in [0.15, 0.2) is 44.7 Å². The van der Waals surface area contributed by atoms with Crippen molar-refractivity contribution in [2.75, 3.05) is 6.26 Å². The van der Waals surface area contributed by atoms with E-state index in [0.717, 1.165) is 55.0 Å². The van der Waals surface area contributed by atoms with Crippen LogP contribution in [-0.2, 0) is 22.0 Å². The van der Waals surface area contributed by atoms with Crippen LogP contribution in [-0.4, -0.2) is 20.4 Å². The summed E-state index contributed by atoms with van der Waals surface area (Å²) in [5.74, 6) is -0.0786. The molecule has 0 N–H and O–H groups in total. The van der Waals surface area contributed by atoms with E-state index >= 15 is 0 Å². The van der Waals surface area contributed by atoms with Crippen LogP contribution in [0, 0.1) is 0 Å². The van der Waals surface area contributed by atoms with E-state index in [4.69, 9.17) is 25.2 Å². The first-order chi connectivity index (χ1) is 12.8. The van der Waals surface area contributed by atoms with Gasteiger partial charge in [-0.1, -0.05) is 18.0 Å². The first-order valence-electron chi connectivity index (χ1n) is 8.67. The molecule has 0 amide bonds. The molecule has 1 aliphatic carbocycles. The zero-order valence-corrected chi connectivity index (χ0v) is 16.3. The summed E-state index contributed by atoms with van der Waals surface area (Å²) in [6.45, 7) is 0. The van der Waals surface area contributed by atoms with E-state index in [9.17, 15) is 13.2 Å². The van der Waals surface area contributed by atoms with Crippen LogP contribution in [0.1, 0.15) is 37.0 Å². The Balaban J connectivity index is 1.85. The highest BCUT2D eigenvalue weighted by Crippen LogP contribution is 2.50. The highest BCUT2D eigenvalue weighted by atomic mass is 35.5. The normalized spacial score (nSPS) is 21.3. The third-order valence-corrected chi connectivity index (χ3v) is 5.86. The second-order valence-corrected chi connectivity index (χ2v) is 9.02. The second-order valence-electron chi connectivity index (χ2n) is 7.01. The lowest BCUT2D eigenvalue weighted by Gasteiger charge is -2.35. The molecule has 1 aromatic carbocycles. The SMILES string of the molecule is CS(=O)(=O)Oc1c(C[C@@]23CCCCC2=Nc2ccc(Cl)cc23)occc1=O. The molecule has 0 spiro atoms. The maximum Gasteiger partial charge on any atom is 0.306 e. The molecule has 1 atom stereocenters. The number of nitrogens with zero attached hydrogens (tertiary/aromatic N) is 1. The topological polar surface area (TPSA) is 85.9 Å². The van der Waals surface area contributed by atoms with Crippen molar-refractivity contribution in [2.45, 2.75) is 37.5 Å². The van der Waals surface area contributed by atoms with Crippen molar-refractivity contribution < 1.29 is 17.0 Å². The molecule has 1 aliphatic heterocycles. The Morgan fingerprint density at radius 3 is 2.89 bits per heavy atom. The van der Waals surface area contributed by atoms with Crippen molar-refractivity contribution in [3.05, 3.63) is 57.1 Å². The number of fused-ring (bicyclic) bond motifs is 3. The van der Waals surface area contributed by atoms with Crippen molar-refractivity contribution in [1.29, 1.82) is 0 Å². The summed E-state index contributed by atoms with van der Waals surface area (Å²) in [7, 11) is -3.87. The minimum absolute atomic E-state index is 0.204. The summed E-state index contributed by atoms with van der Waals surface area (Å²) in [6.07, 6.45) is 6.14. The van der Waals surface area contributed by atoms with Gasteiger partial charge in [0.1, 0.15) is 0 Å². The third-order valence-electron chi connectivity index (χ3n) is 5.15. The minimum atomic E-state index is -3.87. The van der Waals surface area contributed by atoms with Gasteiger partial charge in [-0.2, -0.15) is 8.42 Å². The van der Waals surface area contributed by atoms with Crippen LogP contribution in [0.3, 0.4) is 0 Å². The van der Waals surface area contributed by atoms with E-state index in [1.807, 2.05) is 12.1 Å². The summed E-state index contributed by atoms with van der Waals surface area (Å²) in [5, 5.41) is 0.609. The van der Waals surface area contributed by atoms with Gasteiger partial charge >= 0.3 is 10.1 Å². The minimum Gasteiger partial charge on any atom is -0.465 e. The van der Waals surface area contributed by atoms with E-state index in [0.29, 0.717) is 11.4 Å². The fourth-order valence-corrected chi connectivity index (χ4v) is 4.71. The molecular formula is C19H18ClNO5S. The lowest BCUT2D eigenvalue weighted by molar-refractivity contribution is 0.380. The number of hydrogen-bond donors (Lipinski definition) is 0. The van der Waals surface area contributed by atoms with Crippen molar-refractivity contribution in [3.63, 3.8) is 0 Å². The van der Waals surface area contributed by atoms with Crippen LogP contribution >= 0.6 is 11.6 Å². The van der Waals surface area contributed by atoms with E-state index in [2.05, 4.69) is 0 Å². The van der Waals surface area contributed by atoms with E-state index < -0.39 is 21.0 Å². The van der Waals surface area contributed by atoms with E-state index in [-0.39, 0.29) is 11.5 Å². The van der Waals surface area contributed by atoms with Crippen LogP contribution in [0.5, 0.6) is 5.75 Å². The molecule has 2 heterocycles. The van der Waals surface area contributed by atoms with Crippen LogP contribution in [0.4, 0.5) is 5.69 Å². The molecule has 0 saturated heterocycles. The lowest BCUT2D eigenvalue weighted by atomic mass is 9.66. The van der Waals surface area contributed by atoms with Gasteiger partial charge in [0, 0.05) is 28.6 Å². The maximum atomic E-state index is 12.2. The molecule has 1 fully saturated rings. The fourth-order valence-electron chi connectivity index (χ4n) is 4.06. The molecule has 6 nitrogen and oxygen atoms in total. The maximum absolute atomic E-state index is 12.2. The van der Waals surface area contributed by atoms with Gasteiger partial charge in [-0.05, 0) is 43.0 Å². The van der Waals surface area contributed by atoms with Crippen molar-refractivity contribution in [2.24, 2.45) is 4.99 Å². The summed E-state index contributed by atoms with van der Waals surface area (Å²) in [5.41, 5.74) is 1.87. The Hall–Kier alpha value is -2.12. The molecule has 2 aliphatic rings. The first-order valence-corrected chi connectivity index (χ1v) is 10.9. The molecular weight excluding hydrogens is 390 g/mol. The average Bonchev–Trinajstić information content (AvgIpc) is 2.91. The van der Waals surface area contributed by atoms with Gasteiger partial charge in [-0.3, -0.25) is 9.79 Å². The Kier molecular flexibility index (Phi) is 4.39. The fraction of sp³-hybridized carbons (Fsp3) is 0.368. The zero-order valence-electron chi connectivity index (χ0n) is 14.7. The Bertz CT molecular complexity index is 1110. The second kappa shape index (κ2) is 6.49. The summed E-state index contributed by atoms with van der Waals surface area (Å²) < 4.78 is 33.8. The predicted octanol–water partition coefficient (Wildman–Crippen LogP) is 3.77. The van der Waals surface area contributed by atoms with Gasteiger partial charge in [0.05, 0.1) is 18.2 Å². The summed E-state index contributed by atoms with van der Waals surface area (Å²) in [6, 6.07) is 6.74. The molecule has 8 heteroatoms. The molecule has 0 bridgehead atoms. The van der Waals surface area contributed by atoms with Crippen molar-refractivity contribution >= 4 is 33.1 Å². The molecule has 0 radical (unpaired) electrons. The quantitative estimate of drug-likeness (QED) is 0.720. The summed E-state index contributed by atoms with van der Waals surface area (Å²) >= 11 is 6.23. The lowest BCUT2D eigenvalue weighted by Crippen LogP contribution is -2.38. The molecule has 1 saturated carbocycles. The summed E-state index contributed by atoms with van der Waals surface area (Å²) in [4.78, 5) is 17.0. The number of hydrogen-bond acceptors (Lipinski definition) is 6. The van der Waals surface area contributed by atoms with E-state index in [1.54, 1.807) is 6.07 Å². The predicted molar refractivity (Wildman–Crippen MR) is 103 cm³/mol. The van der Waals surface area contributed by atoms with Crippen LogP contribution in [0.2, 0.25) is 5.02 Å². The first kappa shape index (κ1) is 18.3. The zero-order chi connectivity index (χ0) is 19.2. The monoisotopic (exact) mass is 407 g/mol.